The van der Waals surface area contributed by atoms with Gasteiger partial charge in [0.2, 0.25) is 0 Å². The molecule has 2 aliphatic rings. The summed E-state index contributed by atoms with van der Waals surface area (Å²) in [6.07, 6.45) is 5.05. The predicted molar refractivity (Wildman–Crippen MR) is 66.5 cm³/mol. The largest absolute Gasteiger partial charge is 0.375 e. The molecule has 15 heavy (non-hydrogen) atoms. The summed E-state index contributed by atoms with van der Waals surface area (Å²) in [5.74, 6) is 2.68. The van der Waals surface area contributed by atoms with Crippen molar-refractivity contribution in [2.75, 3.05) is 18.1 Å². The molecule has 1 N–H and O–H groups in total. The van der Waals surface area contributed by atoms with Crippen LogP contribution in [0.2, 0.25) is 0 Å². The van der Waals surface area contributed by atoms with E-state index in [2.05, 4.69) is 30.9 Å². The van der Waals surface area contributed by atoms with Gasteiger partial charge in [-0.05, 0) is 51.0 Å². The number of ether oxygens (including phenoxy) is 1. The Morgan fingerprint density at radius 2 is 1.87 bits per heavy atom. The molecule has 0 spiro atoms. The van der Waals surface area contributed by atoms with Crippen molar-refractivity contribution in [2.45, 2.75) is 57.2 Å². The Hall–Kier alpha value is 0.270. The van der Waals surface area contributed by atoms with E-state index < -0.39 is 0 Å². The molecule has 2 fully saturated rings. The van der Waals surface area contributed by atoms with E-state index in [0.29, 0.717) is 6.04 Å². The number of hydrogen-bond donors (Lipinski definition) is 1. The van der Waals surface area contributed by atoms with Gasteiger partial charge in [0.15, 0.2) is 0 Å². The van der Waals surface area contributed by atoms with Crippen LogP contribution in [0.25, 0.3) is 0 Å². The van der Waals surface area contributed by atoms with Crippen molar-refractivity contribution >= 4 is 11.8 Å². The van der Waals surface area contributed by atoms with Gasteiger partial charge in [0, 0.05) is 18.7 Å². The van der Waals surface area contributed by atoms with E-state index in [4.69, 9.17) is 4.74 Å². The van der Waals surface area contributed by atoms with Crippen molar-refractivity contribution in [3.8, 4) is 0 Å². The van der Waals surface area contributed by atoms with Crippen LogP contribution in [0.4, 0.5) is 0 Å². The molecule has 2 aliphatic heterocycles. The second-order valence-electron chi connectivity index (χ2n) is 5.35. The van der Waals surface area contributed by atoms with E-state index in [9.17, 15) is 0 Å². The third-order valence-electron chi connectivity index (χ3n) is 3.39. The maximum Gasteiger partial charge on any atom is 0.0641 e. The molecule has 2 saturated heterocycles. The zero-order valence-corrected chi connectivity index (χ0v) is 10.7. The Kier molecular flexibility index (Phi) is 3.97. The molecule has 2 rings (SSSR count). The summed E-state index contributed by atoms with van der Waals surface area (Å²) in [7, 11) is 0. The Morgan fingerprint density at radius 3 is 2.53 bits per heavy atom. The molecule has 2 nitrogen and oxygen atoms in total. The number of nitrogens with one attached hydrogen (secondary N) is 1. The molecule has 2 heterocycles. The average Bonchev–Trinajstić information content (AvgIpc) is 2.17. The summed E-state index contributed by atoms with van der Waals surface area (Å²) in [5.41, 5.74) is 0.0827. The molecule has 0 amide bonds. The maximum absolute atomic E-state index is 5.74. The highest BCUT2D eigenvalue weighted by atomic mass is 32.2. The fourth-order valence-corrected chi connectivity index (χ4v) is 3.68. The highest BCUT2D eigenvalue weighted by Crippen LogP contribution is 2.25. The molecule has 0 aliphatic carbocycles. The summed E-state index contributed by atoms with van der Waals surface area (Å²) in [5, 5.41) is 3.82. The van der Waals surface area contributed by atoms with Gasteiger partial charge in [-0.15, -0.1) is 0 Å². The molecular formula is C12H23NOS. The van der Waals surface area contributed by atoms with Gasteiger partial charge in [-0.25, -0.2) is 0 Å². The molecule has 1 unspecified atom stereocenters. The fourth-order valence-electron chi connectivity index (χ4n) is 2.57. The summed E-state index contributed by atoms with van der Waals surface area (Å²) >= 11 is 2.10. The van der Waals surface area contributed by atoms with Gasteiger partial charge >= 0.3 is 0 Å². The van der Waals surface area contributed by atoms with Gasteiger partial charge in [0.1, 0.15) is 0 Å². The zero-order chi connectivity index (χ0) is 10.7. The van der Waals surface area contributed by atoms with Crippen LogP contribution >= 0.6 is 11.8 Å². The fraction of sp³-hybridized carbons (Fsp3) is 1.00. The van der Waals surface area contributed by atoms with E-state index in [1.165, 1.54) is 30.8 Å². The van der Waals surface area contributed by atoms with Crippen LogP contribution in [-0.2, 0) is 4.74 Å². The first-order valence-electron chi connectivity index (χ1n) is 6.13. The first-order valence-corrected chi connectivity index (χ1v) is 7.29. The van der Waals surface area contributed by atoms with E-state index in [1.807, 2.05) is 0 Å². The molecule has 0 aromatic carbocycles. The molecule has 0 saturated carbocycles. The third kappa shape index (κ3) is 3.65. The Labute approximate surface area is 97.5 Å². The molecule has 0 bridgehead atoms. The minimum absolute atomic E-state index is 0.0827. The second-order valence-corrected chi connectivity index (χ2v) is 6.58. The Balaban J connectivity index is 1.78. The topological polar surface area (TPSA) is 21.3 Å². The van der Waals surface area contributed by atoms with Crippen LogP contribution in [0.5, 0.6) is 0 Å². The maximum atomic E-state index is 5.74. The molecule has 0 aromatic heterocycles. The quantitative estimate of drug-likeness (QED) is 0.786. The van der Waals surface area contributed by atoms with Gasteiger partial charge in [0.25, 0.3) is 0 Å². The van der Waals surface area contributed by atoms with Crippen molar-refractivity contribution in [1.82, 2.24) is 5.32 Å². The first-order chi connectivity index (χ1) is 7.16. The zero-order valence-electron chi connectivity index (χ0n) is 9.92. The van der Waals surface area contributed by atoms with E-state index in [-0.39, 0.29) is 5.60 Å². The smallest absolute Gasteiger partial charge is 0.0641 e. The van der Waals surface area contributed by atoms with Crippen LogP contribution in [0, 0.1) is 0 Å². The van der Waals surface area contributed by atoms with Gasteiger partial charge in [-0.3, -0.25) is 0 Å². The lowest BCUT2D eigenvalue weighted by Crippen LogP contribution is -2.48. The summed E-state index contributed by atoms with van der Waals surface area (Å²) in [4.78, 5) is 0. The van der Waals surface area contributed by atoms with Gasteiger partial charge in [-0.2, -0.15) is 11.8 Å². The minimum atomic E-state index is 0.0827. The lowest BCUT2D eigenvalue weighted by Gasteiger charge is -2.38. The van der Waals surface area contributed by atoms with Gasteiger partial charge < -0.3 is 10.1 Å². The van der Waals surface area contributed by atoms with Gasteiger partial charge in [-0.1, -0.05) is 0 Å². The van der Waals surface area contributed by atoms with E-state index in [0.717, 1.165) is 19.1 Å². The number of thioether (sulfide) groups is 1. The molecule has 0 aromatic rings. The minimum Gasteiger partial charge on any atom is -0.375 e. The standard InChI is InChI=1S/C12H23NOS/c1-12(2)9-11(3-6-14-12)13-10-4-7-15-8-5-10/h10-11,13H,3-9H2,1-2H3. The summed E-state index contributed by atoms with van der Waals surface area (Å²) in [6.45, 7) is 5.33. The van der Waals surface area contributed by atoms with E-state index in [1.54, 1.807) is 0 Å². The highest BCUT2D eigenvalue weighted by Gasteiger charge is 2.30. The van der Waals surface area contributed by atoms with Crippen molar-refractivity contribution < 1.29 is 4.74 Å². The SMILES string of the molecule is CC1(C)CC(NC2CCSCC2)CCO1. The lowest BCUT2D eigenvalue weighted by molar-refractivity contribution is -0.0642. The van der Waals surface area contributed by atoms with Crippen molar-refractivity contribution in [3.05, 3.63) is 0 Å². The first kappa shape index (κ1) is 11.7. The van der Waals surface area contributed by atoms with Crippen LogP contribution in [0.1, 0.15) is 39.5 Å². The highest BCUT2D eigenvalue weighted by molar-refractivity contribution is 7.99. The third-order valence-corrected chi connectivity index (χ3v) is 4.44. The average molecular weight is 229 g/mol. The van der Waals surface area contributed by atoms with Crippen LogP contribution < -0.4 is 5.32 Å². The van der Waals surface area contributed by atoms with Crippen LogP contribution in [0.15, 0.2) is 0 Å². The number of rotatable bonds is 2. The number of hydrogen-bond acceptors (Lipinski definition) is 3. The molecule has 0 radical (unpaired) electrons. The predicted octanol–water partition coefficient (Wildman–Crippen LogP) is 2.43. The monoisotopic (exact) mass is 229 g/mol. The van der Waals surface area contributed by atoms with Crippen molar-refractivity contribution in [1.29, 1.82) is 0 Å². The van der Waals surface area contributed by atoms with Crippen molar-refractivity contribution in [2.24, 2.45) is 0 Å². The molecule has 1 atom stereocenters. The van der Waals surface area contributed by atoms with E-state index >= 15 is 0 Å². The second kappa shape index (κ2) is 5.07. The van der Waals surface area contributed by atoms with Gasteiger partial charge in [0.05, 0.1) is 5.60 Å². The van der Waals surface area contributed by atoms with Crippen LogP contribution in [-0.4, -0.2) is 35.8 Å². The summed E-state index contributed by atoms with van der Waals surface area (Å²) < 4.78 is 5.74. The lowest BCUT2D eigenvalue weighted by atomic mass is 9.93. The molecule has 88 valence electrons. The van der Waals surface area contributed by atoms with Crippen LogP contribution in [0.3, 0.4) is 0 Å². The Bertz CT molecular complexity index is 202. The molecular weight excluding hydrogens is 206 g/mol. The molecule has 3 heteroatoms. The van der Waals surface area contributed by atoms with Crippen molar-refractivity contribution in [3.63, 3.8) is 0 Å². The summed E-state index contributed by atoms with van der Waals surface area (Å²) in [6, 6.07) is 1.45. The normalized spacial score (nSPS) is 32.8. The Morgan fingerprint density at radius 1 is 1.13 bits per heavy atom.